The van der Waals surface area contributed by atoms with Gasteiger partial charge in [-0.15, -0.1) is 0 Å². The molecule has 0 heterocycles. The molecular formula is C14H20N2O4. The Labute approximate surface area is 118 Å². The SMILES string of the molecule is CCOC(=O)NCCN(C(C)=O)c1cccc(OC)c1. The van der Waals surface area contributed by atoms with E-state index in [0.29, 0.717) is 25.4 Å². The van der Waals surface area contributed by atoms with E-state index >= 15 is 0 Å². The molecule has 0 aliphatic carbocycles. The Hall–Kier alpha value is -2.24. The molecule has 1 aromatic rings. The normalized spacial score (nSPS) is 9.75. The third-order valence-electron chi connectivity index (χ3n) is 2.63. The first kappa shape index (κ1) is 15.8. The number of anilines is 1. The fraction of sp³-hybridized carbons (Fsp3) is 0.429. The molecule has 0 fully saturated rings. The van der Waals surface area contributed by atoms with E-state index in [1.165, 1.54) is 6.92 Å². The summed E-state index contributed by atoms with van der Waals surface area (Å²) < 4.78 is 9.88. The third kappa shape index (κ3) is 4.79. The van der Waals surface area contributed by atoms with E-state index < -0.39 is 6.09 Å². The summed E-state index contributed by atoms with van der Waals surface area (Å²) in [7, 11) is 1.57. The van der Waals surface area contributed by atoms with Crippen LogP contribution in [0.2, 0.25) is 0 Å². The number of ether oxygens (including phenoxy) is 2. The quantitative estimate of drug-likeness (QED) is 0.862. The highest BCUT2D eigenvalue weighted by atomic mass is 16.5. The molecule has 0 radical (unpaired) electrons. The van der Waals surface area contributed by atoms with Gasteiger partial charge >= 0.3 is 6.09 Å². The summed E-state index contributed by atoms with van der Waals surface area (Å²) in [5.74, 6) is 0.566. The van der Waals surface area contributed by atoms with Crippen molar-refractivity contribution in [2.45, 2.75) is 13.8 Å². The van der Waals surface area contributed by atoms with Crippen molar-refractivity contribution in [3.8, 4) is 5.75 Å². The lowest BCUT2D eigenvalue weighted by Crippen LogP contribution is -2.37. The summed E-state index contributed by atoms with van der Waals surface area (Å²) in [6, 6.07) is 7.20. The minimum absolute atomic E-state index is 0.107. The molecular weight excluding hydrogens is 260 g/mol. The molecule has 110 valence electrons. The predicted molar refractivity (Wildman–Crippen MR) is 76.0 cm³/mol. The summed E-state index contributed by atoms with van der Waals surface area (Å²) in [5.41, 5.74) is 0.725. The van der Waals surface area contributed by atoms with Crippen LogP contribution in [0.15, 0.2) is 24.3 Å². The molecule has 0 aliphatic heterocycles. The molecule has 0 saturated carbocycles. The largest absolute Gasteiger partial charge is 0.497 e. The standard InChI is InChI=1S/C14H20N2O4/c1-4-20-14(18)15-8-9-16(11(2)17)12-6-5-7-13(10-12)19-3/h5-7,10H,4,8-9H2,1-3H3,(H,15,18). The number of nitrogens with one attached hydrogen (secondary N) is 1. The fourth-order valence-electron chi connectivity index (χ4n) is 1.70. The van der Waals surface area contributed by atoms with Crippen LogP contribution in [0.1, 0.15) is 13.8 Å². The van der Waals surface area contributed by atoms with Gasteiger partial charge in [-0.3, -0.25) is 4.79 Å². The summed E-state index contributed by atoms with van der Waals surface area (Å²) in [4.78, 5) is 24.4. The molecule has 1 aromatic carbocycles. The fourth-order valence-corrected chi connectivity index (χ4v) is 1.70. The predicted octanol–water partition coefficient (Wildman–Crippen LogP) is 1.79. The second kappa shape index (κ2) is 8.04. The number of hydrogen-bond donors (Lipinski definition) is 1. The van der Waals surface area contributed by atoms with Crippen molar-refractivity contribution in [2.75, 3.05) is 31.7 Å². The highest BCUT2D eigenvalue weighted by Gasteiger charge is 2.12. The van der Waals surface area contributed by atoms with Crippen LogP contribution in [0, 0.1) is 0 Å². The van der Waals surface area contributed by atoms with Crippen molar-refractivity contribution < 1.29 is 19.1 Å². The van der Waals surface area contributed by atoms with E-state index in [1.807, 2.05) is 12.1 Å². The first-order valence-corrected chi connectivity index (χ1v) is 6.41. The van der Waals surface area contributed by atoms with Gasteiger partial charge in [0.25, 0.3) is 0 Å². The lowest BCUT2D eigenvalue weighted by atomic mass is 10.2. The molecule has 0 atom stereocenters. The number of methoxy groups -OCH3 is 1. The number of carbonyl (C=O) groups is 2. The monoisotopic (exact) mass is 280 g/mol. The zero-order valence-corrected chi connectivity index (χ0v) is 12.0. The number of carbonyl (C=O) groups excluding carboxylic acids is 2. The van der Waals surface area contributed by atoms with Gasteiger partial charge in [-0.25, -0.2) is 4.79 Å². The summed E-state index contributed by atoms with van der Waals surface area (Å²) in [5, 5.41) is 2.58. The molecule has 0 spiro atoms. The zero-order valence-electron chi connectivity index (χ0n) is 12.0. The Morgan fingerprint density at radius 3 is 2.70 bits per heavy atom. The van der Waals surface area contributed by atoms with Gasteiger partial charge in [-0.2, -0.15) is 0 Å². The summed E-state index contributed by atoms with van der Waals surface area (Å²) in [6.45, 7) is 4.20. The minimum Gasteiger partial charge on any atom is -0.497 e. The van der Waals surface area contributed by atoms with Crippen LogP contribution in [0.5, 0.6) is 5.75 Å². The third-order valence-corrected chi connectivity index (χ3v) is 2.63. The van der Waals surface area contributed by atoms with Gasteiger partial charge in [-0.05, 0) is 19.1 Å². The highest BCUT2D eigenvalue weighted by Crippen LogP contribution is 2.20. The van der Waals surface area contributed by atoms with Crippen LogP contribution in [0.3, 0.4) is 0 Å². The second-order valence-corrected chi connectivity index (χ2v) is 4.02. The van der Waals surface area contributed by atoms with Crippen molar-refractivity contribution in [2.24, 2.45) is 0 Å². The van der Waals surface area contributed by atoms with E-state index in [4.69, 9.17) is 9.47 Å². The van der Waals surface area contributed by atoms with Crippen molar-refractivity contribution >= 4 is 17.7 Å². The van der Waals surface area contributed by atoms with Crippen LogP contribution < -0.4 is 15.0 Å². The number of alkyl carbamates (subject to hydrolysis) is 1. The minimum atomic E-state index is -0.485. The molecule has 20 heavy (non-hydrogen) atoms. The number of rotatable bonds is 6. The van der Waals surface area contributed by atoms with Crippen LogP contribution in [-0.4, -0.2) is 38.8 Å². The van der Waals surface area contributed by atoms with Crippen LogP contribution in [0.4, 0.5) is 10.5 Å². The average Bonchev–Trinajstić information content (AvgIpc) is 2.43. The molecule has 0 saturated heterocycles. The molecule has 0 aliphatic rings. The van der Waals surface area contributed by atoms with Crippen LogP contribution >= 0.6 is 0 Å². The molecule has 1 N–H and O–H groups in total. The summed E-state index contributed by atoms with van der Waals surface area (Å²) >= 11 is 0. The molecule has 6 nitrogen and oxygen atoms in total. The van der Waals surface area contributed by atoms with Crippen molar-refractivity contribution in [3.63, 3.8) is 0 Å². The second-order valence-electron chi connectivity index (χ2n) is 4.02. The van der Waals surface area contributed by atoms with E-state index in [9.17, 15) is 9.59 Å². The number of benzene rings is 1. The molecule has 0 unspecified atom stereocenters. The summed E-state index contributed by atoms with van der Waals surface area (Å²) in [6.07, 6.45) is -0.485. The molecule has 0 aromatic heterocycles. The van der Waals surface area contributed by atoms with E-state index in [1.54, 1.807) is 31.1 Å². The maximum atomic E-state index is 11.7. The lowest BCUT2D eigenvalue weighted by Gasteiger charge is -2.21. The Bertz CT molecular complexity index is 462. The van der Waals surface area contributed by atoms with Crippen LogP contribution in [0.25, 0.3) is 0 Å². The van der Waals surface area contributed by atoms with Gasteiger partial charge in [-0.1, -0.05) is 6.07 Å². The molecule has 0 bridgehead atoms. The topological polar surface area (TPSA) is 67.9 Å². The average molecular weight is 280 g/mol. The maximum Gasteiger partial charge on any atom is 0.407 e. The Morgan fingerprint density at radius 2 is 2.10 bits per heavy atom. The molecule has 2 amide bonds. The van der Waals surface area contributed by atoms with Gasteiger partial charge in [0.1, 0.15) is 5.75 Å². The Morgan fingerprint density at radius 1 is 1.35 bits per heavy atom. The first-order valence-electron chi connectivity index (χ1n) is 6.41. The molecule has 1 rings (SSSR count). The van der Waals surface area contributed by atoms with Crippen molar-refractivity contribution in [1.82, 2.24) is 5.32 Å². The first-order chi connectivity index (χ1) is 9.58. The number of nitrogens with zero attached hydrogens (tertiary/aromatic N) is 1. The number of amides is 2. The van der Waals surface area contributed by atoms with Gasteiger partial charge in [0.15, 0.2) is 0 Å². The van der Waals surface area contributed by atoms with Crippen molar-refractivity contribution in [1.29, 1.82) is 0 Å². The zero-order chi connectivity index (χ0) is 15.0. The van der Waals surface area contributed by atoms with Crippen LogP contribution in [-0.2, 0) is 9.53 Å². The van der Waals surface area contributed by atoms with Gasteiger partial charge in [0.2, 0.25) is 5.91 Å². The van der Waals surface area contributed by atoms with Gasteiger partial charge in [0.05, 0.1) is 13.7 Å². The lowest BCUT2D eigenvalue weighted by molar-refractivity contribution is -0.116. The number of hydrogen-bond acceptors (Lipinski definition) is 4. The Kier molecular flexibility index (Phi) is 6.36. The smallest absolute Gasteiger partial charge is 0.407 e. The van der Waals surface area contributed by atoms with E-state index in [2.05, 4.69) is 5.32 Å². The van der Waals surface area contributed by atoms with Gasteiger partial charge in [0, 0.05) is 31.8 Å². The Balaban J connectivity index is 2.64. The van der Waals surface area contributed by atoms with Crippen molar-refractivity contribution in [3.05, 3.63) is 24.3 Å². The highest BCUT2D eigenvalue weighted by molar-refractivity contribution is 5.91. The van der Waals surface area contributed by atoms with E-state index in [-0.39, 0.29) is 5.91 Å². The van der Waals surface area contributed by atoms with Gasteiger partial charge < -0.3 is 19.7 Å². The molecule has 6 heteroatoms. The van der Waals surface area contributed by atoms with E-state index in [0.717, 1.165) is 5.69 Å². The maximum absolute atomic E-state index is 11.7.